The molecule has 0 saturated carbocycles. The van der Waals surface area contributed by atoms with Crippen LogP contribution in [0.5, 0.6) is 0 Å². The second kappa shape index (κ2) is 11.9. The van der Waals surface area contributed by atoms with Crippen molar-refractivity contribution in [3.8, 4) is 0 Å². The van der Waals surface area contributed by atoms with E-state index in [1.165, 1.54) is 86.8 Å². The molecule has 2 aromatic heterocycles. The van der Waals surface area contributed by atoms with Gasteiger partial charge in [0.1, 0.15) is 0 Å². The van der Waals surface area contributed by atoms with Gasteiger partial charge in [-0.25, -0.2) is 0 Å². The van der Waals surface area contributed by atoms with E-state index in [-0.39, 0.29) is 0 Å². The normalized spacial score (nSPS) is 11.7. The number of H-pyrrole nitrogens is 2. The minimum Gasteiger partial charge on any atom is -0.381 e. The summed E-state index contributed by atoms with van der Waals surface area (Å²) in [6.07, 6.45) is 0. The van der Waals surface area contributed by atoms with E-state index in [4.69, 9.17) is 0 Å². The Morgan fingerprint density at radius 2 is 0.915 bits per heavy atom. The van der Waals surface area contributed by atoms with Crippen LogP contribution in [-0.4, -0.2) is 9.97 Å². The van der Waals surface area contributed by atoms with Crippen LogP contribution in [0, 0.1) is 27.7 Å². The van der Waals surface area contributed by atoms with Crippen LogP contribution < -0.4 is 10.6 Å². The predicted molar refractivity (Wildman–Crippen MR) is 202 cm³/mol. The Labute approximate surface area is 279 Å². The van der Waals surface area contributed by atoms with Gasteiger partial charge < -0.3 is 20.6 Å². The Morgan fingerprint density at radius 3 is 1.34 bits per heavy atom. The second-order valence-corrected chi connectivity index (χ2v) is 13.8. The fourth-order valence-electron chi connectivity index (χ4n) is 7.04. The third kappa shape index (κ3) is 5.41. The van der Waals surface area contributed by atoms with Gasteiger partial charge in [0.25, 0.3) is 0 Å². The molecule has 5 heteroatoms. The Kier molecular flexibility index (Phi) is 7.42. The molecule has 4 nitrogen and oxygen atoms in total. The molecule has 0 aliphatic carbocycles. The first kappa shape index (κ1) is 29.3. The summed E-state index contributed by atoms with van der Waals surface area (Å²) < 4.78 is 0. The largest absolute Gasteiger partial charge is 0.381 e. The summed E-state index contributed by atoms with van der Waals surface area (Å²) in [7, 11) is 0. The lowest BCUT2D eigenvalue weighted by atomic mass is 9.98. The van der Waals surface area contributed by atoms with Gasteiger partial charge in [0.15, 0.2) is 0 Å². The second-order valence-electron chi connectivity index (χ2n) is 12.7. The van der Waals surface area contributed by atoms with Gasteiger partial charge >= 0.3 is 0 Å². The zero-order valence-corrected chi connectivity index (χ0v) is 28.0. The number of fused-ring (bicyclic) bond motifs is 6. The molecule has 0 unspecified atom stereocenters. The van der Waals surface area contributed by atoms with Gasteiger partial charge in [-0.15, -0.1) is 0 Å². The van der Waals surface area contributed by atoms with Crippen LogP contribution >= 0.6 is 11.8 Å². The molecular formula is C42H38N4S. The summed E-state index contributed by atoms with van der Waals surface area (Å²) in [6, 6.07) is 39.3. The maximum absolute atomic E-state index is 3.65. The zero-order valence-electron chi connectivity index (χ0n) is 27.2. The molecule has 0 radical (unpaired) electrons. The molecule has 0 bridgehead atoms. The highest BCUT2D eigenvalue weighted by Gasteiger charge is 2.14. The van der Waals surface area contributed by atoms with Crippen LogP contribution in [0.1, 0.15) is 33.4 Å². The number of rotatable bonds is 8. The fraction of sp³-hybridized carbons (Fsp3) is 0.143. The molecule has 4 N–H and O–H groups in total. The first-order valence-corrected chi connectivity index (χ1v) is 17.1. The van der Waals surface area contributed by atoms with Gasteiger partial charge in [-0.3, -0.25) is 0 Å². The van der Waals surface area contributed by atoms with Crippen molar-refractivity contribution in [3.63, 3.8) is 0 Å². The molecular weight excluding hydrogens is 593 g/mol. The van der Waals surface area contributed by atoms with E-state index in [0.717, 1.165) is 24.5 Å². The Morgan fingerprint density at radius 1 is 0.511 bits per heavy atom. The summed E-state index contributed by atoms with van der Waals surface area (Å²) in [5.41, 5.74) is 15.0. The number of nitrogens with one attached hydrogen (secondary N) is 4. The summed E-state index contributed by atoms with van der Waals surface area (Å²) in [4.78, 5) is 9.68. The average Bonchev–Trinajstić information content (AvgIpc) is 3.69. The van der Waals surface area contributed by atoms with Gasteiger partial charge in [-0.2, -0.15) is 0 Å². The van der Waals surface area contributed by atoms with E-state index in [9.17, 15) is 0 Å². The number of para-hydroxylation sites is 2. The minimum atomic E-state index is 0.789. The molecule has 0 spiro atoms. The first-order valence-electron chi connectivity index (χ1n) is 16.3. The third-order valence-electron chi connectivity index (χ3n) is 9.61. The van der Waals surface area contributed by atoms with Gasteiger partial charge in [-0.05, 0) is 122 Å². The third-order valence-corrected chi connectivity index (χ3v) is 10.6. The monoisotopic (exact) mass is 630 g/mol. The predicted octanol–water partition coefficient (Wildman–Crippen LogP) is 11.6. The van der Waals surface area contributed by atoms with Crippen molar-refractivity contribution in [3.05, 3.63) is 143 Å². The van der Waals surface area contributed by atoms with Crippen molar-refractivity contribution >= 4 is 66.7 Å². The van der Waals surface area contributed by atoms with E-state index < -0.39 is 0 Å². The standard InChI is InChI=1S/C42H38N4S/c1-25-21-29(27(3)39-35-9-5-7-11-37(35)45-41(25)39)23-43-31-13-17-33(18-14-31)47-34-19-15-32(16-20-34)44-24-30-22-26(2)42-40(28(30)4)36-10-6-8-12-38(36)46-42/h5-22,43-46H,23-24H2,1-4H3. The van der Waals surface area contributed by atoms with E-state index in [2.05, 4.69) is 157 Å². The molecule has 0 aliphatic rings. The molecule has 232 valence electrons. The smallest absolute Gasteiger partial charge is 0.0497 e. The van der Waals surface area contributed by atoms with Crippen LogP contribution in [0.3, 0.4) is 0 Å². The molecule has 47 heavy (non-hydrogen) atoms. The first-order chi connectivity index (χ1) is 22.9. The van der Waals surface area contributed by atoms with Gasteiger partial charge in [0, 0.05) is 77.9 Å². The number of hydrogen-bond acceptors (Lipinski definition) is 3. The highest BCUT2D eigenvalue weighted by molar-refractivity contribution is 7.99. The molecule has 8 rings (SSSR count). The lowest BCUT2D eigenvalue weighted by Crippen LogP contribution is -2.02. The lowest BCUT2D eigenvalue weighted by Gasteiger charge is -2.13. The fourth-order valence-corrected chi connectivity index (χ4v) is 7.86. The Hall–Kier alpha value is -5.13. The summed E-state index contributed by atoms with van der Waals surface area (Å²) in [6.45, 7) is 10.5. The van der Waals surface area contributed by atoms with Gasteiger partial charge in [0.05, 0.1) is 0 Å². The Bertz CT molecular complexity index is 2240. The molecule has 0 amide bonds. The molecule has 0 atom stereocenters. The van der Waals surface area contributed by atoms with E-state index in [1.54, 1.807) is 11.8 Å². The van der Waals surface area contributed by atoms with Crippen LogP contribution in [0.25, 0.3) is 43.6 Å². The maximum atomic E-state index is 3.65. The quantitative estimate of drug-likeness (QED) is 0.135. The van der Waals surface area contributed by atoms with E-state index in [1.807, 2.05) is 0 Å². The van der Waals surface area contributed by atoms with Gasteiger partial charge in [-0.1, -0.05) is 60.3 Å². The maximum Gasteiger partial charge on any atom is 0.0497 e. The van der Waals surface area contributed by atoms with Crippen molar-refractivity contribution in [1.82, 2.24) is 9.97 Å². The SMILES string of the molecule is Cc1cc(CNc2ccc(Sc3ccc(NCc4cc(C)c5[nH]c6ccccc6c5c4C)cc3)cc2)c(C)c2c1[nH]c1ccccc12. The Balaban J connectivity index is 0.911. The average molecular weight is 631 g/mol. The van der Waals surface area contributed by atoms with Gasteiger partial charge in [0.2, 0.25) is 0 Å². The van der Waals surface area contributed by atoms with Crippen molar-refractivity contribution in [1.29, 1.82) is 0 Å². The van der Waals surface area contributed by atoms with Crippen molar-refractivity contribution in [2.75, 3.05) is 10.6 Å². The molecule has 8 aromatic rings. The minimum absolute atomic E-state index is 0.789. The van der Waals surface area contributed by atoms with Crippen molar-refractivity contribution in [2.24, 2.45) is 0 Å². The number of aryl methyl sites for hydroxylation is 4. The zero-order chi connectivity index (χ0) is 32.1. The summed E-state index contributed by atoms with van der Waals surface area (Å²) in [5, 5.41) is 12.6. The van der Waals surface area contributed by atoms with Crippen LogP contribution in [0.4, 0.5) is 11.4 Å². The lowest BCUT2D eigenvalue weighted by molar-refractivity contribution is 1.12. The molecule has 0 saturated heterocycles. The van der Waals surface area contributed by atoms with Crippen LogP contribution in [-0.2, 0) is 13.1 Å². The van der Waals surface area contributed by atoms with E-state index in [0.29, 0.717) is 0 Å². The van der Waals surface area contributed by atoms with Crippen molar-refractivity contribution < 1.29 is 0 Å². The molecule has 0 fully saturated rings. The van der Waals surface area contributed by atoms with Crippen LogP contribution in [0.15, 0.2) is 119 Å². The number of hydrogen-bond donors (Lipinski definition) is 4. The molecule has 2 heterocycles. The highest BCUT2D eigenvalue weighted by atomic mass is 32.2. The summed E-state index contributed by atoms with van der Waals surface area (Å²) >= 11 is 1.79. The van der Waals surface area contributed by atoms with E-state index >= 15 is 0 Å². The van der Waals surface area contributed by atoms with Crippen molar-refractivity contribution in [2.45, 2.75) is 50.6 Å². The number of aromatic amines is 2. The highest BCUT2D eigenvalue weighted by Crippen LogP contribution is 2.35. The topological polar surface area (TPSA) is 55.6 Å². The van der Waals surface area contributed by atoms with Crippen LogP contribution in [0.2, 0.25) is 0 Å². The molecule has 0 aliphatic heterocycles. The summed E-state index contributed by atoms with van der Waals surface area (Å²) in [5.74, 6) is 0. The molecule has 6 aromatic carbocycles. The number of benzene rings is 6. The number of aromatic nitrogens is 2. The number of anilines is 2.